The van der Waals surface area contributed by atoms with Crippen molar-refractivity contribution in [2.24, 2.45) is 11.3 Å². The Morgan fingerprint density at radius 2 is 2.11 bits per heavy atom. The molecular formula is C22H27N3O2S. The maximum absolute atomic E-state index is 12.5. The van der Waals surface area contributed by atoms with Gasteiger partial charge in [-0.3, -0.25) is 9.59 Å². The quantitative estimate of drug-likeness (QED) is 0.857. The normalized spacial score (nSPS) is 31.9. The fourth-order valence-electron chi connectivity index (χ4n) is 5.38. The van der Waals surface area contributed by atoms with Crippen molar-refractivity contribution in [3.05, 3.63) is 28.8 Å². The van der Waals surface area contributed by atoms with Gasteiger partial charge in [-0.25, -0.2) is 4.98 Å². The smallest absolute Gasteiger partial charge is 0.225 e. The van der Waals surface area contributed by atoms with Crippen LogP contribution < -0.4 is 5.32 Å². The maximum atomic E-state index is 12.5. The average molecular weight is 398 g/mol. The fourth-order valence-corrected chi connectivity index (χ4v) is 6.43. The molecule has 1 unspecified atom stereocenters. The van der Waals surface area contributed by atoms with Gasteiger partial charge in [0.15, 0.2) is 0 Å². The van der Waals surface area contributed by atoms with Gasteiger partial charge < -0.3 is 10.2 Å². The van der Waals surface area contributed by atoms with Crippen molar-refractivity contribution in [2.75, 3.05) is 13.1 Å². The number of likely N-dealkylation sites (tertiary alicyclic amines) is 1. The SMILES string of the molecule is CCN1CC(C(=O)NC2CC3(C2)CC(c2nc4cc(C)ccc4s2)C3)CC1=O. The number of nitrogens with zero attached hydrogens (tertiary/aromatic N) is 2. The van der Waals surface area contributed by atoms with Crippen LogP contribution in [0.15, 0.2) is 18.2 Å². The van der Waals surface area contributed by atoms with E-state index in [9.17, 15) is 9.59 Å². The summed E-state index contributed by atoms with van der Waals surface area (Å²) in [5.41, 5.74) is 2.81. The molecule has 1 spiro atoms. The molecule has 0 bridgehead atoms. The summed E-state index contributed by atoms with van der Waals surface area (Å²) < 4.78 is 1.28. The van der Waals surface area contributed by atoms with Crippen LogP contribution in [0.4, 0.5) is 0 Å². The third-order valence-corrected chi connectivity index (χ3v) is 8.14. The summed E-state index contributed by atoms with van der Waals surface area (Å²) in [7, 11) is 0. The number of hydrogen-bond acceptors (Lipinski definition) is 4. The number of carbonyl (C=O) groups is 2. The van der Waals surface area contributed by atoms with Crippen LogP contribution in [0.3, 0.4) is 0 Å². The van der Waals surface area contributed by atoms with Gasteiger partial charge in [0, 0.05) is 31.5 Å². The zero-order valence-electron chi connectivity index (χ0n) is 16.5. The molecule has 28 heavy (non-hydrogen) atoms. The molecule has 5 rings (SSSR count). The summed E-state index contributed by atoms with van der Waals surface area (Å²) in [4.78, 5) is 31.0. The van der Waals surface area contributed by atoms with E-state index in [4.69, 9.17) is 4.98 Å². The molecule has 3 aliphatic rings. The largest absolute Gasteiger partial charge is 0.353 e. The van der Waals surface area contributed by atoms with Crippen LogP contribution in [0.25, 0.3) is 10.2 Å². The zero-order valence-corrected chi connectivity index (χ0v) is 17.3. The van der Waals surface area contributed by atoms with Crippen LogP contribution in [0, 0.1) is 18.3 Å². The Balaban J connectivity index is 1.13. The van der Waals surface area contributed by atoms with Crippen molar-refractivity contribution >= 4 is 33.4 Å². The standard InChI is InChI=1S/C22H27N3O2S/c1-3-25-12-14(7-19(25)26)20(27)23-16-10-22(11-16)8-15(9-22)21-24-17-6-13(2)4-5-18(17)28-21/h4-6,14-16H,3,7-12H2,1-2H3,(H,23,27). The second-order valence-electron chi connectivity index (χ2n) is 9.08. The molecule has 1 N–H and O–H groups in total. The predicted octanol–water partition coefficient (Wildman–Crippen LogP) is 3.62. The van der Waals surface area contributed by atoms with Gasteiger partial charge in [0.2, 0.25) is 11.8 Å². The number of carbonyl (C=O) groups excluding carboxylic acids is 2. The highest BCUT2D eigenvalue weighted by atomic mass is 32.1. The summed E-state index contributed by atoms with van der Waals surface area (Å²) in [6, 6.07) is 6.80. The van der Waals surface area contributed by atoms with E-state index in [1.165, 1.54) is 28.1 Å². The van der Waals surface area contributed by atoms with Gasteiger partial charge in [-0.2, -0.15) is 0 Å². The van der Waals surface area contributed by atoms with Crippen molar-refractivity contribution in [3.8, 4) is 0 Å². The number of fused-ring (bicyclic) bond motifs is 1. The number of aryl methyl sites for hydroxylation is 1. The Labute approximate surface area is 169 Å². The molecule has 2 aromatic rings. The minimum absolute atomic E-state index is 0.0709. The molecule has 1 aliphatic heterocycles. The van der Waals surface area contributed by atoms with E-state index < -0.39 is 0 Å². The van der Waals surface area contributed by atoms with E-state index in [1.807, 2.05) is 18.3 Å². The number of benzene rings is 1. The van der Waals surface area contributed by atoms with Crippen molar-refractivity contribution in [2.45, 2.75) is 57.9 Å². The highest BCUT2D eigenvalue weighted by molar-refractivity contribution is 7.18. The van der Waals surface area contributed by atoms with Crippen LogP contribution >= 0.6 is 11.3 Å². The topological polar surface area (TPSA) is 62.3 Å². The molecule has 3 fully saturated rings. The fraction of sp³-hybridized carbons (Fsp3) is 0.591. The van der Waals surface area contributed by atoms with E-state index in [0.29, 0.717) is 30.8 Å². The van der Waals surface area contributed by atoms with Gasteiger partial charge in [0.05, 0.1) is 21.1 Å². The second kappa shape index (κ2) is 6.55. The molecule has 2 amide bonds. The Hall–Kier alpha value is -1.95. The van der Waals surface area contributed by atoms with Gasteiger partial charge in [0.1, 0.15) is 0 Å². The first-order chi connectivity index (χ1) is 13.4. The highest BCUT2D eigenvalue weighted by Gasteiger charge is 2.54. The number of thiazole rings is 1. The molecule has 2 heterocycles. The first-order valence-corrected chi connectivity index (χ1v) is 11.2. The van der Waals surface area contributed by atoms with Crippen molar-refractivity contribution in [3.63, 3.8) is 0 Å². The molecule has 1 atom stereocenters. The van der Waals surface area contributed by atoms with Gasteiger partial charge >= 0.3 is 0 Å². The molecule has 2 saturated carbocycles. The van der Waals surface area contributed by atoms with E-state index in [2.05, 4.69) is 30.4 Å². The lowest BCUT2D eigenvalue weighted by molar-refractivity contribution is -0.130. The lowest BCUT2D eigenvalue weighted by Crippen LogP contribution is -2.56. The summed E-state index contributed by atoms with van der Waals surface area (Å²) in [6.45, 7) is 5.36. The molecule has 1 aromatic heterocycles. The maximum Gasteiger partial charge on any atom is 0.225 e. The molecule has 5 nitrogen and oxygen atoms in total. The van der Waals surface area contributed by atoms with Gasteiger partial charge in [-0.05, 0) is 62.6 Å². The zero-order chi connectivity index (χ0) is 19.5. The number of amides is 2. The van der Waals surface area contributed by atoms with Gasteiger partial charge in [-0.15, -0.1) is 11.3 Å². The van der Waals surface area contributed by atoms with E-state index >= 15 is 0 Å². The summed E-state index contributed by atoms with van der Waals surface area (Å²) in [5.74, 6) is 0.603. The van der Waals surface area contributed by atoms with Gasteiger partial charge in [0.25, 0.3) is 0 Å². The Bertz CT molecular complexity index is 938. The first kappa shape index (κ1) is 18.1. The molecule has 2 aliphatic carbocycles. The Morgan fingerprint density at radius 3 is 2.82 bits per heavy atom. The van der Waals surface area contributed by atoms with E-state index in [1.54, 1.807) is 4.90 Å². The lowest BCUT2D eigenvalue weighted by atomic mass is 9.50. The summed E-state index contributed by atoms with van der Waals surface area (Å²) in [5, 5.41) is 4.48. The van der Waals surface area contributed by atoms with Crippen molar-refractivity contribution in [1.82, 2.24) is 15.2 Å². The number of rotatable bonds is 4. The van der Waals surface area contributed by atoms with Crippen LogP contribution in [0.2, 0.25) is 0 Å². The van der Waals surface area contributed by atoms with Crippen LogP contribution in [0.5, 0.6) is 0 Å². The third-order valence-electron chi connectivity index (χ3n) is 6.94. The van der Waals surface area contributed by atoms with Gasteiger partial charge in [-0.1, -0.05) is 6.07 Å². The lowest BCUT2D eigenvalue weighted by Gasteiger charge is -2.57. The second-order valence-corrected chi connectivity index (χ2v) is 10.1. The molecule has 1 aromatic carbocycles. The average Bonchev–Trinajstić information content (AvgIpc) is 3.18. The Kier molecular flexibility index (Phi) is 4.23. The summed E-state index contributed by atoms with van der Waals surface area (Å²) >= 11 is 1.84. The molecule has 0 radical (unpaired) electrons. The van der Waals surface area contributed by atoms with Crippen LogP contribution in [-0.2, 0) is 9.59 Å². The number of hydrogen-bond donors (Lipinski definition) is 1. The summed E-state index contributed by atoms with van der Waals surface area (Å²) in [6.07, 6.45) is 4.93. The molecule has 1 saturated heterocycles. The molecule has 6 heteroatoms. The monoisotopic (exact) mass is 397 g/mol. The Morgan fingerprint density at radius 1 is 1.32 bits per heavy atom. The van der Waals surface area contributed by atoms with Crippen molar-refractivity contribution in [1.29, 1.82) is 0 Å². The molecular weight excluding hydrogens is 370 g/mol. The predicted molar refractivity (Wildman–Crippen MR) is 110 cm³/mol. The van der Waals surface area contributed by atoms with Crippen molar-refractivity contribution < 1.29 is 9.59 Å². The van der Waals surface area contributed by atoms with E-state index in [0.717, 1.165) is 18.4 Å². The third kappa shape index (κ3) is 3.02. The van der Waals surface area contributed by atoms with Crippen LogP contribution in [0.1, 0.15) is 55.5 Å². The van der Waals surface area contributed by atoms with Crippen LogP contribution in [-0.4, -0.2) is 40.8 Å². The highest BCUT2D eigenvalue weighted by Crippen LogP contribution is 2.62. The minimum atomic E-state index is -0.163. The first-order valence-electron chi connectivity index (χ1n) is 10.4. The number of aromatic nitrogens is 1. The number of nitrogens with one attached hydrogen (secondary N) is 1. The minimum Gasteiger partial charge on any atom is -0.353 e. The molecule has 148 valence electrons. The van der Waals surface area contributed by atoms with E-state index in [-0.39, 0.29) is 23.8 Å².